The lowest BCUT2D eigenvalue weighted by molar-refractivity contribution is -0.129. The van der Waals surface area contributed by atoms with Gasteiger partial charge in [-0.05, 0) is 55.7 Å². The number of carbonyl (C=O) groups is 1. The number of ether oxygens (including phenoxy) is 1. The van der Waals surface area contributed by atoms with E-state index in [9.17, 15) is 4.79 Å². The average Bonchev–Trinajstić information content (AvgIpc) is 3.22. The first-order chi connectivity index (χ1) is 14.0. The van der Waals surface area contributed by atoms with E-state index in [1.807, 2.05) is 49.1 Å². The van der Waals surface area contributed by atoms with Crippen molar-refractivity contribution in [1.29, 1.82) is 0 Å². The van der Waals surface area contributed by atoms with Crippen molar-refractivity contribution < 1.29 is 13.9 Å². The van der Waals surface area contributed by atoms with Gasteiger partial charge in [-0.25, -0.2) is 0 Å². The van der Waals surface area contributed by atoms with E-state index < -0.39 is 0 Å². The fourth-order valence-corrected chi connectivity index (χ4v) is 3.49. The summed E-state index contributed by atoms with van der Waals surface area (Å²) < 4.78 is 11.2. The maximum atomic E-state index is 12.2. The zero-order valence-electron chi connectivity index (χ0n) is 17.4. The molecule has 0 aliphatic carbocycles. The molecular weight excluding hydrogens is 362 g/mol. The van der Waals surface area contributed by atoms with E-state index in [2.05, 4.69) is 36.4 Å². The number of carbonyl (C=O) groups excluding carboxylic acids is 1. The van der Waals surface area contributed by atoms with Crippen LogP contribution in [0.1, 0.15) is 50.0 Å². The van der Waals surface area contributed by atoms with Crippen molar-refractivity contribution in [3.63, 3.8) is 0 Å². The van der Waals surface area contributed by atoms with Gasteiger partial charge < -0.3 is 14.1 Å². The number of furan rings is 1. The molecule has 1 atom stereocenters. The molecule has 0 saturated carbocycles. The molecule has 1 amide bonds. The third-order valence-electron chi connectivity index (χ3n) is 4.92. The van der Waals surface area contributed by atoms with Crippen LogP contribution in [0.3, 0.4) is 0 Å². The lowest BCUT2D eigenvalue weighted by Gasteiger charge is -2.24. The monoisotopic (exact) mass is 391 g/mol. The van der Waals surface area contributed by atoms with Gasteiger partial charge in [0.2, 0.25) is 5.91 Å². The van der Waals surface area contributed by atoms with Crippen LogP contribution in [0.4, 0.5) is 0 Å². The molecule has 0 aliphatic rings. The first kappa shape index (κ1) is 20.7. The maximum Gasteiger partial charge on any atom is 0.219 e. The minimum Gasteiger partial charge on any atom is -0.491 e. The van der Waals surface area contributed by atoms with Gasteiger partial charge in [0.15, 0.2) is 0 Å². The van der Waals surface area contributed by atoms with Gasteiger partial charge in [-0.1, -0.05) is 42.5 Å². The van der Waals surface area contributed by atoms with Crippen LogP contribution in [0.5, 0.6) is 5.75 Å². The van der Waals surface area contributed by atoms with Gasteiger partial charge in [0.25, 0.3) is 0 Å². The van der Waals surface area contributed by atoms with Crippen LogP contribution < -0.4 is 4.74 Å². The van der Waals surface area contributed by atoms with E-state index in [1.54, 1.807) is 13.2 Å². The summed E-state index contributed by atoms with van der Waals surface area (Å²) in [5.74, 6) is 1.92. The molecule has 0 saturated heterocycles. The summed E-state index contributed by atoms with van der Waals surface area (Å²) in [5, 5.41) is 0. The maximum absolute atomic E-state index is 12.2. The standard InChI is InChI=1S/C25H29NO3/c1-19(2)29-23-13-11-22(12-14-23)25(21-8-5-4-6-9-21)15-16-26(20(3)27)18-24-10-7-17-28-24/h4-14,17,19,25H,15-16,18H2,1-3H3. The normalized spacial score (nSPS) is 12.0. The summed E-state index contributed by atoms with van der Waals surface area (Å²) in [7, 11) is 0. The Kier molecular flexibility index (Phi) is 7.12. The lowest BCUT2D eigenvalue weighted by Crippen LogP contribution is -2.30. The topological polar surface area (TPSA) is 42.7 Å². The Balaban J connectivity index is 1.77. The van der Waals surface area contributed by atoms with Crippen molar-refractivity contribution in [2.45, 2.75) is 45.8 Å². The molecular formula is C25H29NO3. The molecule has 0 fully saturated rings. The Bertz CT molecular complexity index is 870. The largest absolute Gasteiger partial charge is 0.491 e. The van der Waals surface area contributed by atoms with Gasteiger partial charge in [-0.3, -0.25) is 4.79 Å². The quantitative estimate of drug-likeness (QED) is 0.474. The third-order valence-corrected chi connectivity index (χ3v) is 4.92. The molecule has 0 N–H and O–H groups in total. The molecule has 29 heavy (non-hydrogen) atoms. The van der Waals surface area contributed by atoms with Gasteiger partial charge in [0.05, 0.1) is 18.9 Å². The molecule has 0 aliphatic heterocycles. The van der Waals surface area contributed by atoms with Crippen LogP contribution in [0.15, 0.2) is 77.4 Å². The Morgan fingerprint density at radius 2 is 1.66 bits per heavy atom. The van der Waals surface area contributed by atoms with Crippen LogP contribution in [0.2, 0.25) is 0 Å². The second-order valence-corrected chi connectivity index (χ2v) is 7.51. The van der Waals surface area contributed by atoms with E-state index in [1.165, 1.54) is 11.1 Å². The van der Waals surface area contributed by atoms with Crippen LogP contribution in [0, 0.1) is 0 Å². The van der Waals surface area contributed by atoms with Crippen molar-refractivity contribution in [3.05, 3.63) is 89.9 Å². The summed E-state index contributed by atoms with van der Waals surface area (Å²) in [4.78, 5) is 14.0. The minimum atomic E-state index is 0.0499. The molecule has 0 spiro atoms. The highest BCUT2D eigenvalue weighted by Crippen LogP contribution is 2.30. The molecule has 3 aromatic rings. The van der Waals surface area contributed by atoms with Gasteiger partial charge in [0, 0.05) is 19.4 Å². The SMILES string of the molecule is CC(=O)N(CCC(c1ccccc1)c1ccc(OC(C)C)cc1)Cc1ccco1. The van der Waals surface area contributed by atoms with E-state index in [4.69, 9.17) is 9.15 Å². The second-order valence-electron chi connectivity index (χ2n) is 7.51. The van der Waals surface area contributed by atoms with Crippen molar-refractivity contribution in [2.75, 3.05) is 6.54 Å². The van der Waals surface area contributed by atoms with Crippen molar-refractivity contribution in [3.8, 4) is 5.75 Å². The van der Waals surface area contributed by atoms with E-state index >= 15 is 0 Å². The lowest BCUT2D eigenvalue weighted by atomic mass is 9.88. The number of nitrogens with zero attached hydrogens (tertiary/aromatic N) is 1. The number of rotatable bonds is 9. The fourth-order valence-electron chi connectivity index (χ4n) is 3.49. The molecule has 1 unspecified atom stereocenters. The highest BCUT2D eigenvalue weighted by atomic mass is 16.5. The van der Waals surface area contributed by atoms with E-state index in [-0.39, 0.29) is 17.9 Å². The van der Waals surface area contributed by atoms with Crippen molar-refractivity contribution >= 4 is 5.91 Å². The van der Waals surface area contributed by atoms with Crippen LogP contribution in [-0.2, 0) is 11.3 Å². The smallest absolute Gasteiger partial charge is 0.219 e. The Morgan fingerprint density at radius 1 is 0.966 bits per heavy atom. The number of benzene rings is 2. The molecule has 4 nitrogen and oxygen atoms in total. The third kappa shape index (κ3) is 5.98. The number of hydrogen-bond donors (Lipinski definition) is 0. The van der Waals surface area contributed by atoms with E-state index in [0.717, 1.165) is 17.9 Å². The van der Waals surface area contributed by atoms with Gasteiger partial charge in [-0.2, -0.15) is 0 Å². The predicted octanol–water partition coefficient (Wildman–Crippen LogP) is 5.64. The Morgan fingerprint density at radius 3 is 2.24 bits per heavy atom. The first-order valence-electron chi connectivity index (χ1n) is 10.1. The van der Waals surface area contributed by atoms with Crippen LogP contribution in [0.25, 0.3) is 0 Å². The summed E-state index contributed by atoms with van der Waals surface area (Å²) in [5.41, 5.74) is 2.46. The number of amides is 1. The van der Waals surface area contributed by atoms with Gasteiger partial charge in [-0.15, -0.1) is 0 Å². The number of hydrogen-bond acceptors (Lipinski definition) is 3. The van der Waals surface area contributed by atoms with Gasteiger partial charge in [0.1, 0.15) is 11.5 Å². The van der Waals surface area contributed by atoms with Crippen LogP contribution in [-0.4, -0.2) is 23.5 Å². The molecule has 4 heteroatoms. The molecule has 0 bridgehead atoms. The highest BCUT2D eigenvalue weighted by Gasteiger charge is 2.18. The first-order valence-corrected chi connectivity index (χ1v) is 10.1. The molecule has 1 heterocycles. The molecule has 0 radical (unpaired) electrons. The Labute approximate surface area is 173 Å². The summed E-state index contributed by atoms with van der Waals surface area (Å²) >= 11 is 0. The molecule has 1 aromatic heterocycles. The molecule has 3 rings (SSSR count). The molecule has 2 aromatic carbocycles. The van der Waals surface area contributed by atoms with Crippen molar-refractivity contribution in [1.82, 2.24) is 4.90 Å². The van der Waals surface area contributed by atoms with Gasteiger partial charge >= 0.3 is 0 Å². The molecule has 152 valence electrons. The fraction of sp³-hybridized carbons (Fsp3) is 0.320. The summed E-state index contributed by atoms with van der Waals surface area (Å²) in [6.45, 7) is 6.80. The van der Waals surface area contributed by atoms with Crippen molar-refractivity contribution in [2.24, 2.45) is 0 Å². The second kappa shape index (κ2) is 9.97. The summed E-state index contributed by atoms with van der Waals surface area (Å²) in [6.07, 6.45) is 2.62. The average molecular weight is 392 g/mol. The highest BCUT2D eigenvalue weighted by molar-refractivity contribution is 5.73. The Hall–Kier alpha value is -3.01. The predicted molar refractivity (Wildman–Crippen MR) is 115 cm³/mol. The van der Waals surface area contributed by atoms with E-state index in [0.29, 0.717) is 13.1 Å². The zero-order chi connectivity index (χ0) is 20.6. The van der Waals surface area contributed by atoms with Crippen LogP contribution >= 0.6 is 0 Å². The summed E-state index contributed by atoms with van der Waals surface area (Å²) in [6, 6.07) is 22.5. The minimum absolute atomic E-state index is 0.0499. The zero-order valence-corrected chi connectivity index (χ0v) is 17.4.